The van der Waals surface area contributed by atoms with Gasteiger partial charge in [-0.15, -0.1) is 0 Å². The van der Waals surface area contributed by atoms with Crippen LogP contribution in [0, 0.1) is 6.92 Å². The molecule has 0 unspecified atom stereocenters. The Balaban J connectivity index is 3.77. The van der Waals surface area contributed by atoms with Crippen LogP contribution in [0.25, 0.3) is 0 Å². The van der Waals surface area contributed by atoms with Crippen LogP contribution in [0.2, 0.25) is 0 Å². The highest BCUT2D eigenvalue weighted by Gasteiger charge is 2.56. The van der Waals surface area contributed by atoms with Crippen molar-refractivity contribution < 1.29 is 30.4 Å². The first kappa shape index (κ1) is 23.6. The van der Waals surface area contributed by atoms with Gasteiger partial charge in [-0.25, -0.2) is 8.42 Å². The maximum absolute atomic E-state index is 12.7. The number of sulfone groups is 1. The quantitative estimate of drug-likeness (QED) is 0.286. The van der Waals surface area contributed by atoms with E-state index < -0.39 is 40.5 Å². The Morgan fingerprint density at radius 1 is 0.667 bits per heavy atom. The van der Waals surface area contributed by atoms with Crippen LogP contribution in [-0.4, -0.2) is 32.0 Å². The van der Waals surface area contributed by atoms with E-state index in [4.69, 9.17) is 0 Å². The van der Waals surface area contributed by atoms with Gasteiger partial charge in [0, 0.05) is 6.42 Å². The highest BCUT2D eigenvalue weighted by Crippen LogP contribution is 2.38. The van der Waals surface area contributed by atoms with E-state index in [9.17, 15) is 30.4 Å². The Labute approximate surface area is 142 Å². The number of alkyl halides is 5. The molecule has 2 nitrogen and oxygen atoms in total. The zero-order chi connectivity index (χ0) is 18.7. The summed E-state index contributed by atoms with van der Waals surface area (Å²) in [5.74, 6) is -5.59. The summed E-state index contributed by atoms with van der Waals surface area (Å²) in [5.41, 5.74) is 0. The van der Waals surface area contributed by atoms with Crippen LogP contribution < -0.4 is 0 Å². The van der Waals surface area contributed by atoms with E-state index >= 15 is 0 Å². The van der Waals surface area contributed by atoms with Gasteiger partial charge in [-0.1, -0.05) is 58.3 Å². The number of rotatable bonds is 14. The van der Waals surface area contributed by atoms with Gasteiger partial charge in [-0.05, 0) is 12.8 Å². The summed E-state index contributed by atoms with van der Waals surface area (Å²) in [6, 6.07) is 0. The van der Waals surface area contributed by atoms with Gasteiger partial charge >= 0.3 is 12.1 Å². The van der Waals surface area contributed by atoms with Crippen LogP contribution >= 0.6 is 0 Å². The first-order valence-electron chi connectivity index (χ1n) is 8.46. The summed E-state index contributed by atoms with van der Waals surface area (Å²) in [6.07, 6.45) is 0.749. The third-order valence-electron chi connectivity index (χ3n) is 3.82. The summed E-state index contributed by atoms with van der Waals surface area (Å²) in [4.78, 5) is 0. The molecule has 0 aromatic carbocycles. The van der Waals surface area contributed by atoms with E-state index in [1.165, 1.54) is 0 Å². The van der Waals surface area contributed by atoms with Gasteiger partial charge in [0.1, 0.15) is 9.84 Å². The Bertz CT molecular complexity index is 419. The van der Waals surface area contributed by atoms with Crippen LogP contribution in [-0.2, 0) is 9.84 Å². The molecule has 0 fully saturated rings. The average Bonchev–Trinajstić information content (AvgIpc) is 2.44. The average molecular weight is 379 g/mol. The van der Waals surface area contributed by atoms with Crippen molar-refractivity contribution in [2.75, 3.05) is 11.5 Å². The minimum Gasteiger partial charge on any atom is -0.229 e. The number of hydrogen-bond donors (Lipinski definition) is 0. The first-order chi connectivity index (χ1) is 11.0. The fraction of sp³-hybridized carbons (Fsp3) is 0.938. The largest absolute Gasteiger partial charge is 0.453 e. The Morgan fingerprint density at radius 3 is 1.54 bits per heavy atom. The number of hydrogen-bond acceptors (Lipinski definition) is 2. The minimum absolute atomic E-state index is 0.147. The van der Waals surface area contributed by atoms with Gasteiger partial charge in [0.05, 0.1) is 11.5 Å². The predicted molar refractivity (Wildman–Crippen MR) is 85.8 cm³/mol. The molecule has 0 atom stereocenters. The number of halogens is 5. The van der Waals surface area contributed by atoms with E-state index in [0.29, 0.717) is 6.42 Å². The molecule has 8 heteroatoms. The molecule has 145 valence electrons. The second kappa shape index (κ2) is 11.3. The molecule has 0 aliphatic heterocycles. The van der Waals surface area contributed by atoms with Gasteiger partial charge in [0.25, 0.3) is 0 Å². The van der Waals surface area contributed by atoms with Gasteiger partial charge in [-0.2, -0.15) is 22.0 Å². The van der Waals surface area contributed by atoms with Gasteiger partial charge < -0.3 is 0 Å². The SMILES string of the molecule is [CH2]CCCCCCCCCCS(=O)(=O)CCCC(F)(F)C(F)(F)F. The molecule has 0 aromatic rings. The normalized spacial score (nSPS) is 13.4. The molecule has 0 bridgehead atoms. The lowest BCUT2D eigenvalue weighted by Crippen LogP contribution is -2.36. The third-order valence-corrected chi connectivity index (χ3v) is 5.64. The molecule has 24 heavy (non-hydrogen) atoms. The molecule has 0 heterocycles. The lowest BCUT2D eigenvalue weighted by atomic mass is 10.1. The highest BCUT2D eigenvalue weighted by molar-refractivity contribution is 7.91. The Hall–Kier alpha value is -0.400. The minimum atomic E-state index is -5.62. The van der Waals surface area contributed by atoms with Crippen LogP contribution in [0.1, 0.15) is 70.6 Å². The lowest BCUT2D eigenvalue weighted by Gasteiger charge is -2.19. The zero-order valence-corrected chi connectivity index (χ0v) is 14.8. The van der Waals surface area contributed by atoms with Crippen molar-refractivity contribution in [2.45, 2.75) is 82.7 Å². The smallest absolute Gasteiger partial charge is 0.229 e. The van der Waals surface area contributed by atoms with E-state index in [-0.39, 0.29) is 5.75 Å². The van der Waals surface area contributed by atoms with E-state index in [1.54, 1.807) is 0 Å². The molecule has 0 spiro atoms. The molecule has 0 amide bonds. The molecular weight excluding hydrogens is 351 g/mol. The van der Waals surface area contributed by atoms with E-state index in [2.05, 4.69) is 6.92 Å². The molecule has 0 rings (SSSR count). The van der Waals surface area contributed by atoms with E-state index in [0.717, 1.165) is 51.4 Å². The Morgan fingerprint density at radius 2 is 1.08 bits per heavy atom. The monoisotopic (exact) mass is 379 g/mol. The van der Waals surface area contributed by atoms with E-state index in [1.807, 2.05) is 0 Å². The standard InChI is InChI=1S/C16H28F5O2S/c1-2-3-4-5-6-7-8-9-10-13-24(22,23)14-11-12-15(17,18)16(19,20)21/h1-14H2. The van der Waals surface area contributed by atoms with Crippen molar-refractivity contribution >= 4 is 9.84 Å². The van der Waals surface area contributed by atoms with Crippen LogP contribution in [0.5, 0.6) is 0 Å². The third kappa shape index (κ3) is 11.2. The summed E-state index contributed by atoms with van der Waals surface area (Å²) in [5, 5.41) is 0. The molecule has 0 aromatic heterocycles. The van der Waals surface area contributed by atoms with Crippen molar-refractivity contribution in [2.24, 2.45) is 0 Å². The summed E-state index contributed by atoms with van der Waals surface area (Å²) in [6.45, 7) is 3.76. The Kier molecular flexibility index (Phi) is 11.1. The lowest BCUT2D eigenvalue weighted by molar-refractivity contribution is -0.284. The molecule has 0 aliphatic carbocycles. The van der Waals surface area contributed by atoms with Crippen molar-refractivity contribution in [1.29, 1.82) is 0 Å². The molecule has 0 N–H and O–H groups in total. The van der Waals surface area contributed by atoms with Crippen molar-refractivity contribution in [3.8, 4) is 0 Å². The van der Waals surface area contributed by atoms with Crippen LogP contribution in [0.15, 0.2) is 0 Å². The topological polar surface area (TPSA) is 34.1 Å². The molecule has 1 radical (unpaired) electrons. The van der Waals surface area contributed by atoms with Gasteiger partial charge in [0.15, 0.2) is 0 Å². The second-order valence-electron chi connectivity index (χ2n) is 6.14. The number of unbranched alkanes of at least 4 members (excludes halogenated alkanes) is 8. The fourth-order valence-electron chi connectivity index (χ4n) is 2.32. The summed E-state index contributed by atoms with van der Waals surface area (Å²) in [7, 11) is -3.56. The molecular formula is C16H28F5O2S. The fourth-order valence-corrected chi connectivity index (χ4v) is 3.75. The second-order valence-corrected chi connectivity index (χ2v) is 8.44. The van der Waals surface area contributed by atoms with Crippen molar-refractivity contribution in [3.05, 3.63) is 6.92 Å². The first-order valence-corrected chi connectivity index (χ1v) is 10.3. The van der Waals surface area contributed by atoms with Crippen molar-refractivity contribution in [1.82, 2.24) is 0 Å². The molecule has 0 saturated carbocycles. The maximum atomic E-state index is 12.7. The van der Waals surface area contributed by atoms with Crippen LogP contribution in [0.4, 0.5) is 22.0 Å². The summed E-state index contributed by atoms with van der Waals surface area (Å²) < 4.78 is 84.6. The van der Waals surface area contributed by atoms with Crippen LogP contribution in [0.3, 0.4) is 0 Å². The molecule has 0 saturated heterocycles. The zero-order valence-electron chi connectivity index (χ0n) is 14.0. The summed E-state index contributed by atoms with van der Waals surface area (Å²) >= 11 is 0. The predicted octanol–water partition coefficient (Wildman–Crippen LogP) is 5.72. The van der Waals surface area contributed by atoms with Gasteiger partial charge in [0.2, 0.25) is 0 Å². The molecule has 0 aliphatic rings. The van der Waals surface area contributed by atoms with Crippen molar-refractivity contribution in [3.63, 3.8) is 0 Å². The highest BCUT2D eigenvalue weighted by atomic mass is 32.2. The maximum Gasteiger partial charge on any atom is 0.453 e. The van der Waals surface area contributed by atoms with Gasteiger partial charge in [-0.3, -0.25) is 0 Å².